The Bertz CT molecular complexity index is 974. The molecule has 3 rings (SSSR count). The van der Waals surface area contributed by atoms with Crippen LogP contribution in [-0.2, 0) is 4.79 Å². The first-order valence-electron chi connectivity index (χ1n) is 7.81. The van der Waals surface area contributed by atoms with Crippen molar-refractivity contribution in [3.8, 4) is 17.5 Å². The normalized spacial score (nSPS) is 10.2. The van der Waals surface area contributed by atoms with E-state index in [-0.39, 0.29) is 12.4 Å². The first kappa shape index (κ1) is 17.2. The van der Waals surface area contributed by atoms with E-state index >= 15 is 0 Å². The molecule has 6 nitrogen and oxygen atoms in total. The standard InChI is InChI=1S/C19H15FN4O2/c1-13-10-18(24(23-13)16-8-6-15(20)7-9-16)22-19(25)12-26-17-5-3-2-4-14(17)11-21/h2-10H,12H2,1H3,(H,22,25). The number of carbonyl (C=O) groups is 1. The van der Waals surface area contributed by atoms with Crippen molar-refractivity contribution in [2.24, 2.45) is 0 Å². The first-order valence-corrected chi connectivity index (χ1v) is 7.81. The van der Waals surface area contributed by atoms with Crippen LogP contribution in [0.15, 0.2) is 54.6 Å². The fraction of sp³-hybridized carbons (Fsp3) is 0.105. The van der Waals surface area contributed by atoms with Crippen molar-refractivity contribution in [2.45, 2.75) is 6.92 Å². The molecule has 0 spiro atoms. The number of rotatable bonds is 5. The summed E-state index contributed by atoms with van der Waals surface area (Å²) >= 11 is 0. The number of aromatic nitrogens is 2. The molecule has 1 aromatic heterocycles. The largest absolute Gasteiger partial charge is 0.482 e. The zero-order valence-corrected chi connectivity index (χ0v) is 13.9. The Kier molecular flexibility index (Phi) is 4.94. The molecule has 130 valence electrons. The molecule has 1 heterocycles. The van der Waals surface area contributed by atoms with Gasteiger partial charge in [-0.05, 0) is 43.3 Å². The van der Waals surface area contributed by atoms with Crippen molar-refractivity contribution >= 4 is 11.7 Å². The molecule has 0 radical (unpaired) electrons. The number of ether oxygens (including phenoxy) is 1. The molecule has 0 aliphatic rings. The number of nitriles is 1. The van der Waals surface area contributed by atoms with E-state index in [0.717, 1.165) is 0 Å². The summed E-state index contributed by atoms with van der Waals surface area (Å²) in [5, 5.41) is 16.1. The highest BCUT2D eigenvalue weighted by molar-refractivity contribution is 5.91. The molecule has 1 amide bonds. The quantitative estimate of drug-likeness (QED) is 0.766. The maximum Gasteiger partial charge on any atom is 0.263 e. The van der Waals surface area contributed by atoms with Crippen molar-refractivity contribution in [3.63, 3.8) is 0 Å². The lowest BCUT2D eigenvalue weighted by atomic mass is 10.2. The topological polar surface area (TPSA) is 79.9 Å². The molecule has 0 aliphatic heterocycles. The molecule has 2 aromatic carbocycles. The number of benzene rings is 2. The SMILES string of the molecule is Cc1cc(NC(=O)COc2ccccc2C#N)n(-c2ccc(F)cc2)n1. The molecule has 3 aromatic rings. The van der Waals surface area contributed by atoms with Crippen molar-refractivity contribution in [1.82, 2.24) is 9.78 Å². The van der Waals surface area contributed by atoms with Gasteiger partial charge in [-0.3, -0.25) is 4.79 Å². The van der Waals surface area contributed by atoms with Gasteiger partial charge in [-0.1, -0.05) is 12.1 Å². The molecule has 0 saturated carbocycles. The van der Waals surface area contributed by atoms with Crippen molar-refractivity contribution in [2.75, 3.05) is 11.9 Å². The van der Waals surface area contributed by atoms with E-state index in [4.69, 9.17) is 10.00 Å². The van der Waals surface area contributed by atoms with E-state index in [9.17, 15) is 9.18 Å². The zero-order chi connectivity index (χ0) is 18.5. The Morgan fingerprint density at radius 2 is 2.00 bits per heavy atom. The fourth-order valence-electron chi connectivity index (χ4n) is 2.37. The predicted octanol–water partition coefficient (Wildman–Crippen LogP) is 3.21. The molecule has 0 fully saturated rings. The number of para-hydroxylation sites is 1. The Hall–Kier alpha value is -3.66. The van der Waals surface area contributed by atoms with Crippen LogP contribution in [0.1, 0.15) is 11.3 Å². The van der Waals surface area contributed by atoms with Crippen LogP contribution in [0, 0.1) is 24.1 Å². The molecular formula is C19H15FN4O2. The molecule has 1 N–H and O–H groups in total. The summed E-state index contributed by atoms with van der Waals surface area (Å²) in [6.45, 7) is 1.53. The van der Waals surface area contributed by atoms with E-state index < -0.39 is 5.91 Å². The van der Waals surface area contributed by atoms with Gasteiger partial charge in [0, 0.05) is 6.07 Å². The minimum absolute atomic E-state index is 0.258. The van der Waals surface area contributed by atoms with Gasteiger partial charge in [-0.15, -0.1) is 0 Å². The van der Waals surface area contributed by atoms with E-state index in [2.05, 4.69) is 10.4 Å². The third-order valence-electron chi connectivity index (χ3n) is 3.54. The van der Waals surface area contributed by atoms with E-state index in [1.807, 2.05) is 6.07 Å². The summed E-state index contributed by atoms with van der Waals surface area (Å²) in [6.07, 6.45) is 0. The number of hydrogen-bond donors (Lipinski definition) is 1. The Labute approximate surface area is 149 Å². The number of amides is 1. The van der Waals surface area contributed by atoms with Gasteiger partial charge in [0.2, 0.25) is 0 Å². The molecule has 0 bridgehead atoms. The average Bonchev–Trinajstić information content (AvgIpc) is 3.01. The van der Waals surface area contributed by atoms with Gasteiger partial charge in [0.25, 0.3) is 5.91 Å². The number of anilines is 1. The first-order chi connectivity index (χ1) is 12.6. The second kappa shape index (κ2) is 7.49. The van der Waals surface area contributed by atoms with Crippen LogP contribution < -0.4 is 10.1 Å². The highest BCUT2D eigenvalue weighted by atomic mass is 19.1. The minimum atomic E-state index is -0.402. The highest BCUT2D eigenvalue weighted by Gasteiger charge is 2.12. The van der Waals surface area contributed by atoms with Crippen LogP contribution in [-0.4, -0.2) is 22.3 Å². The Balaban J connectivity index is 1.72. The molecule has 26 heavy (non-hydrogen) atoms. The lowest BCUT2D eigenvalue weighted by Gasteiger charge is -2.10. The molecule has 0 atom stereocenters. The van der Waals surface area contributed by atoms with Crippen LogP contribution in [0.25, 0.3) is 5.69 Å². The number of halogens is 1. The second-order valence-corrected chi connectivity index (χ2v) is 5.50. The highest BCUT2D eigenvalue weighted by Crippen LogP contribution is 2.19. The maximum atomic E-state index is 13.1. The second-order valence-electron chi connectivity index (χ2n) is 5.50. The van der Waals surface area contributed by atoms with Crippen LogP contribution >= 0.6 is 0 Å². The zero-order valence-electron chi connectivity index (χ0n) is 13.9. The lowest BCUT2D eigenvalue weighted by molar-refractivity contribution is -0.118. The molecule has 0 unspecified atom stereocenters. The van der Waals surface area contributed by atoms with Gasteiger partial charge >= 0.3 is 0 Å². The summed E-state index contributed by atoms with van der Waals surface area (Å²) in [5.41, 5.74) is 1.67. The summed E-state index contributed by atoms with van der Waals surface area (Å²) < 4.78 is 20.0. The van der Waals surface area contributed by atoms with Gasteiger partial charge in [0.15, 0.2) is 6.61 Å². The Morgan fingerprint density at radius 1 is 1.27 bits per heavy atom. The Morgan fingerprint density at radius 3 is 2.73 bits per heavy atom. The van der Waals surface area contributed by atoms with Gasteiger partial charge < -0.3 is 10.1 Å². The fourth-order valence-corrected chi connectivity index (χ4v) is 2.37. The molecule has 0 aliphatic carbocycles. The summed E-state index contributed by atoms with van der Waals surface area (Å²) in [6, 6.07) is 16.2. The number of nitrogens with one attached hydrogen (secondary N) is 1. The third kappa shape index (κ3) is 3.87. The van der Waals surface area contributed by atoms with E-state index in [1.165, 1.54) is 16.8 Å². The van der Waals surface area contributed by atoms with Crippen LogP contribution in [0.3, 0.4) is 0 Å². The number of hydrogen-bond acceptors (Lipinski definition) is 4. The van der Waals surface area contributed by atoms with Crippen molar-refractivity contribution < 1.29 is 13.9 Å². The van der Waals surface area contributed by atoms with Crippen molar-refractivity contribution in [3.05, 3.63) is 71.7 Å². The van der Waals surface area contributed by atoms with Crippen LogP contribution in [0.4, 0.5) is 10.2 Å². The van der Waals surface area contributed by atoms with E-state index in [0.29, 0.717) is 28.5 Å². The number of carbonyl (C=O) groups excluding carboxylic acids is 1. The average molecular weight is 350 g/mol. The minimum Gasteiger partial charge on any atom is -0.482 e. The summed E-state index contributed by atoms with van der Waals surface area (Å²) in [4.78, 5) is 12.2. The van der Waals surface area contributed by atoms with Crippen LogP contribution in [0.2, 0.25) is 0 Å². The number of nitrogens with zero attached hydrogens (tertiary/aromatic N) is 3. The van der Waals surface area contributed by atoms with Gasteiger partial charge in [0.1, 0.15) is 23.5 Å². The van der Waals surface area contributed by atoms with Gasteiger partial charge in [-0.25, -0.2) is 9.07 Å². The monoisotopic (exact) mass is 350 g/mol. The molecule has 0 saturated heterocycles. The van der Waals surface area contributed by atoms with Crippen LogP contribution in [0.5, 0.6) is 5.75 Å². The van der Waals surface area contributed by atoms with E-state index in [1.54, 1.807) is 49.4 Å². The molecule has 7 heteroatoms. The predicted molar refractivity (Wildman–Crippen MR) is 93.5 cm³/mol. The number of aryl methyl sites for hydroxylation is 1. The third-order valence-corrected chi connectivity index (χ3v) is 3.54. The van der Waals surface area contributed by atoms with Crippen molar-refractivity contribution in [1.29, 1.82) is 5.26 Å². The summed E-state index contributed by atoms with van der Waals surface area (Å²) in [5.74, 6) is 0.0263. The smallest absolute Gasteiger partial charge is 0.263 e. The van der Waals surface area contributed by atoms with Gasteiger partial charge in [0.05, 0.1) is 16.9 Å². The van der Waals surface area contributed by atoms with Gasteiger partial charge in [-0.2, -0.15) is 10.4 Å². The molecular weight excluding hydrogens is 335 g/mol. The maximum absolute atomic E-state index is 13.1. The summed E-state index contributed by atoms with van der Waals surface area (Å²) in [7, 11) is 0. The lowest BCUT2D eigenvalue weighted by Crippen LogP contribution is -2.22.